The summed E-state index contributed by atoms with van der Waals surface area (Å²) in [4.78, 5) is 48.4. The highest BCUT2D eigenvalue weighted by Gasteiger charge is 2.16. The molecule has 0 amide bonds. The number of nitrogens with zero attached hydrogens (tertiary/aromatic N) is 5. The van der Waals surface area contributed by atoms with Gasteiger partial charge in [-0.25, -0.2) is 28.0 Å². The van der Waals surface area contributed by atoms with E-state index in [2.05, 4.69) is 20.1 Å². The lowest BCUT2D eigenvalue weighted by Crippen LogP contribution is -2.34. The van der Waals surface area contributed by atoms with Crippen LogP contribution in [0.4, 0.5) is 4.39 Å². The number of rotatable bonds is 4. The molecule has 0 saturated carbocycles. The number of carbonyl (C=O) groups is 1. The topological polar surface area (TPSA) is 124 Å². The third-order valence-electron chi connectivity index (χ3n) is 4.72. The van der Waals surface area contributed by atoms with E-state index in [4.69, 9.17) is 4.74 Å². The van der Waals surface area contributed by atoms with Crippen molar-refractivity contribution in [3.8, 4) is 5.69 Å². The minimum atomic E-state index is -0.834. The standard InChI is InChI=1S/C21H13FN6O4/c22-14-4-1-2-5-16(14)28-18(29)13-7-6-12(10-15(13)24-21(28)31)19(30)32-11-17-25-20-23-8-3-9-27(20)26-17/h1-10H,11H2,(H,24,31). The summed E-state index contributed by atoms with van der Waals surface area (Å²) in [5.41, 5.74) is -1.48. The van der Waals surface area contributed by atoms with Crippen LogP contribution in [0.25, 0.3) is 22.4 Å². The van der Waals surface area contributed by atoms with Crippen molar-refractivity contribution in [2.24, 2.45) is 0 Å². The molecule has 0 aliphatic carbocycles. The van der Waals surface area contributed by atoms with Crippen LogP contribution in [0.2, 0.25) is 0 Å². The molecule has 0 spiro atoms. The van der Waals surface area contributed by atoms with Crippen LogP contribution in [0.1, 0.15) is 16.2 Å². The lowest BCUT2D eigenvalue weighted by molar-refractivity contribution is 0.0462. The van der Waals surface area contributed by atoms with Gasteiger partial charge in [0.1, 0.15) is 5.82 Å². The Hall–Kier alpha value is -4.67. The van der Waals surface area contributed by atoms with E-state index in [-0.39, 0.29) is 34.6 Å². The van der Waals surface area contributed by atoms with Gasteiger partial charge in [0.2, 0.25) is 0 Å². The minimum absolute atomic E-state index is 0.109. The van der Waals surface area contributed by atoms with Crippen molar-refractivity contribution in [3.63, 3.8) is 0 Å². The lowest BCUT2D eigenvalue weighted by Gasteiger charge is -2.08. The Morgan fingerprint density at radius 1 is 1.12 bits per heavy atom. The molecule has 2 aromatic carbocycles. The molecule has 5 aromatic rings. The summed E-state index contributed by atoms with van der Waals surface area (Å²) >= 11 is 0. The largest absolute Gasteiger partial charge is 0.454 e. The van der Waals surface area contributed by atoms with Crippen molar-refractivity contribution in [1.82, 2.24) is 29.1 Å². The second kappa shape index (κ2) is 7.54. The third kappa shape index (κ3) is 3.31. The first-order chi connectivity index (χ1) is 15.5. The fourth-order valence-electron chi connectivity index (χ4n) is 3.25. The first-order valence-corrected chi connectivity index (χ1v) is 9.39. The number of ether oxygens (including phenoxy) is 1. The number of hydrogen-bond acceptors (Lipinski definition) is 7. The van der Waals surface area contributed by atoms with Crippen LogP contribution in [-0.2, 0) is 11.3 Å². The maximum atomic E-state index is 14.1. The molecular weight excluding hydrogens is 419 g/mol. The summed E-state index contributed by atoms with van der Waals surface area (Å²) in [6.07, 6.45) is 3.23. The van der Waals surface area contributed by atoms with Crippen molar-refractivity contribution >= 4 is 22.6 Å². The molecule has 0 aliphatic heterocycles. The van der Waals surface area contributed by atoms with Crippen molar-refractivity contribution in [2.45, 2.75) is 6.61 Å². The van der Waals surface area contributed by atoms with Crippen LogP contribution < -0.4 is 11.2 Å². The van der Waals surface area contributed by atoms with E-state index in [1.54, 1.807) is 18.5 Å². The number of benzene rings is 2. The van der Waals surface area contributed by atoms with Gasteiger partial charge in [0, 0.05) is 12.4 Å². The van der Waals surface area contributed by atoms with E-state index in [0.29, 0.717) is 10.3 Å². The Balaban J connectivity index is 1.45. The van der Waals surface area contributed by atoms with Crippen LogP contribution in [0.3, 0.4) is 0 Å². The Morgan fingerprint density at radius 2 is 1.97 bits per heavy atom. The zero-order valence-electron chi connectivity index (χ0n) is 16.2. The van der Waals surface area contributed by atoms with Crippen LogP contribution in [0.15, 0.2) is 70.5 Å². The summed E-state index contributed by atoms with van der Waals surface area (Å²) in [5, 5.41) is 4.25. The number of aromatic nitrogens is 6. The lowest BCUT2D eigenvalue weighted by atomic mass is 10.1. The summed E-state index contributed by atoms with van der Waals surface area (Å²) in [6.45, 7) is -0.189. The maximum Gasteiger partial charge on any atom is 0.338 e. The van der Waals surface area contributed by atoms with Gasteiger partial charge in [-0.1, -0.05) is 12.1 Å². The number of fused-ring (bicyclic) bond motifs is 2. The molecule has 10 nitrogen and oxygen atoms in total. The maximum absolute atomic E-state index is 14.1. The normalized spacial score (nSPS) is 11.2. The van der Waals surface area contributed by atoms with Gasteiger partial charge in [-0.15, -0.1) is 5.10 Å². The second-order valence-corrected chi connectivity index (χ2v) is 6.75. The van der Waals surface area contributed by atoms with Gasteiger partial charge in [0.05, 0.1) is 22.2 Å². The average Bonchev–Trinajstić information content (AvgIpc) is 3.21. The Bertz CT molecular complexity index is 1590. The van der Waals surface area contributed by atoms with Gasteiger partial charge in [0.25, 0.3) is 11.3 Å². The summed E-state index contributed by atoms with van der Waals surface area (Å²) in [5.74, 6) is -0.778. The molecule has 3 heterocycles. The molecule has 3 aromatic heterocycles. The molecule has 0 bridgehead atoms. The van der Waals surface area contributed by atoms with Crippen molar-refractivity contribution < 1.29 is 13.9 Å². The molecule has 0 radical (unpaired) electrons. The Labute approximate surface area is 177 Å². The zero-order chi connectivity index (χ0) is 22.2. The predicted molar refractivity (Wildman–Crippen MR) is 110 cm³/mol. The molecule has 0 saturated heterocycles. The van der Waals surface area contributed by atoms with Gasteiger partial charge < -0.3 is 9.72 Å². The molecule has 158 valence electrons. The van der Waals surface area contributed by atoms with Gasteiger partial charge in [-0.3, -0.25) is 4.79 Å². The van der Waals surface area contributed by atoms with Gasteiger partial charge in [-0.05, 0) is 36.4 Å². The van der Waals surface area contributed by atoms with E-state index in [9.17, 15) is 18.8 Å². The Kier molecular flexibility index (Phi) is 4.55. The number of nitrogens with one attached hydrogen (secondary N) is 1. The number of aromatic amines is 1. The van der Waals surface area contributed by atoms with E-state index < -0.39 is 23.0 Å². The van der Waals surface area contributed by atoms with Crippen LogP contribution >= 0.6 is 0 Å². The fraction of sp³-hybridized carbons (Fsp3) is 0.0476. The summed E-state index contributed by atoms with van der Waals surface area (Å²) in [6, 6.07) is 11.2. The number of hydrogen-bond donors (Lipinski definition) is 1. The number of H-pyrrole nitrogens is 1. The minimum Gasteiger partial charge on any atom is -0.454 e. The molecule has 32 heavy (non-hydrogen) atoms. The molecule has 0 aliphatic rings. The first-order valence-electron chi connectivity index (χ1n) is 9.39. The highest BCUT2D eigenvalue weighted by atomic mass is 19.1. The fourth-order valence-corrected chi connectivity index (χ4v) is 3.25. The Morgan fingerprint density at radius 3 is 2.78 bits per heavy atom. The van der Waals surface area contributed by atoms with Gasteiger partial charge in [0.15, 0.2) is 12.4 Å². The van der Waals surface area contributed by atoms with Gasteiger partial charge in [-0.2, -0.15) is 4.98 Å². The van der Waals surface area contributed by atoms with Crippen molar-refractivity contribution in [2.75, 3.05) is 0 Å². The van der Waals surface area contributed by atoms with Crippen LogP contribution in [-0.4, -0.2) is 35.1 Å². The quantitative estimate of drug-likeness (QED) is 0.428. The molecule has 1 N–H and O–H groups in total. The number of carbonyl (C=O) groups excluding carboxylic acids is 1. The van der Waals surface area contributed by atoms with Crippen molar-refractivity contribution in [1.29, 1.82) is 0 Å². The number of para-hydroxylation sites is 1. The van der Waals surface area contributed by atoms with E-state index in [1.165, 1.54) is 40.9 Å². The number of halogens is 1. The molecule has 11 heteroatoms. The predicted octanol–water partition coefficient (Wildman–Crippen LogP) is 1.61. The van der Waals surface area contributed by atoms with Crippen LogP contribution in [0, 0.1) is 5.82 Å². The number of esters is 1. The highest BCUT2D eigenvalue weighted by Crippen LogP contribution is 2.14. The highest BCUT2D eigenvalue weighted by molar-refractivity contribution is 5.94. The van der Waals surface area contributed by atoms with Crippen molar-refractivity contribution in [3.05, 3.63) is 99.0 Å². The molecule has 0 atom stereocenters. The zero-order valence-corrected chi connectivity index (χ0v) is 16.2. The van der Waals surface area contributed by atoms with E-state index >= 15 is 0 Å². The third-order valence-corrected chi connectivity index (χ3v) is 4.72. The second-order valence-electron chi connectivity index (χ2n) is 6.75. The van der Waals surface area contributed by atoms with E-state index in [0.717, 1.165) is 6.07 Å². The van der Waals surface area contributed by atoms with Crippen LogP contribution in [0.5, 0.6) is 0 Å². The SMILES string of the molecule is O=C(OCc1nc2ncccn2n1)c1ccc2c(=O)n(-c3ccccc3F)c(=O)[nH]c2c1. The molecule has 0 unspecified atom stereocenters. The summed E-state index contributed by atoms with van der Waals surface area (Å²) in [7, 11) is 0. The summed E-state index contributed by atoms with van der Waals surface area (Å²) < 4.78 is 21.5. The smallest absolute Gasteiger partial charge is 0.338 e. The van der Waals surface area contributed by atoms with Gasteiger partial charge >= 0.3 is 11.7 Å². The average molecular weight is 432 g/mol. The molecular formula is C21H13FN6O4. The van der Waals surface area contributed by atoms with E-state index in [1.807, 2.05) is 0 Å². The molecule has 5 rings (SSSR count). The first kappa shape index (κ1) is 19.3. The molecule has 0 fully saturated rings. The monoisotopic (exact) mass is 432 g/mol.